The van der Waals surface area contributed by atoms with E-state index in [4.69, 9.17) is 11.5 Å². The maximum atomic E-state index is 6.72. The first-order chi connectivity index (χ1) is 9.72. The summed E-state index contributed by atoms with van der Waals surface area (Å²) in [5.74, 6) is -0.0610. The minimum Gasteiger partial charge on any atom is -0.327 e. The van der Waals surface area contributed by atoms with Gasteiger partial charge in [-0.2, -0.15) is 0 Å². The zero-order valence-corrected chi connectivity index (χ0v) is 12.4. The summed E-state index contributed by atoms with van der Waals surface area (Å²) in [4.78, 5) is 16.6. The van der Waals surface area contributed by atoms with Crippen LogP contribution in [0.15, 0.2) is 37.2 Å². The molecule has 0 bridgehead atoms. The van der Waals surface area contributed by atoms with Crippen molar-refractivity contribution in [3.8, 4) is 0 Å². The monoisotopic (exact) mass is 306 g/mol. The van der Waals surface area contributed by atoms with Crippen LogP contribution in [0.4, 0.5) is 0 Å². The summed E-state index contributed by atoms with van der Waals surface area (Å²) in [6.45, 7) is 0. The third-order valence-corrected chi connectivity index (χ3v) is 4.09. The maximum Gasteiger partial charge on any atom is 0.115 e. The topological polar surface area (TPSA) is 104 Å². The van der Waals surface area contributed by atoms with Crippen LogP contribution in [0.3, 0.4) is 0 Å². The molecule has 1 fully saturated rings. The summed E-state index contributed by atoms with van der Waals surface area (Å²) in [5.41, 5.74) is 14.2. The quantitative estimate of drug-likeness (QED) is 0.862. The highest BCUT2D eigenvalue weighted by atomic mass is 35.5. The van der Waals surface area contributed by atoms with Gasteiger partial charge in [0, 0.05) is 24.4 Å². The Morgan fingerprint density at radius 2 is 1.81 bits per heavy atom. The summed E-state index contributed by atoms with van der Waals surface area (Å²) in [7, 11) is 0. The number of halogens is 1. The van der Waals surface area contributed by atoms with E-state index in [1.807, 2.05) is 12.1 Å². The molecule has 1 aliphatic rings. The van der Waals surface area contributed by atoms with Gasteiger partial charge < -0.3 is 11.5 Å². The van der Waals surface area contributed by atoms with Crippen molar-refractivity contribution in [2.45, 2.75) is 36.8 Å². The van der Waals surface area contributed by atoms with Crippen LogP contribution in [0.25, 0.3) is 0 Å². The van der Waals surface area contributed by atoms with Crippen molar-refractivity contribution < 1.29 is 0 Å². The van der Waals surface area contributed by atoms with Crippen LogP contribution >= 0.6 is 12.4 Å². The third-order valence-electron chi connectivity index (χ3n) is 4.09. The number of nitrogens with zero attached hydrogens (tertiary/aromatic N) is 4. The Balaban J connectivity index is 0.00000161. The highest BCUT2D eigenvalue weighted by Gasteiger charge is 2.45. The fourth-order valence-corrected chi connectivity index (χ4v) is 3.16. The van der Waals surface area contributed by atoms with Gasteiger partial charge in [0.05, 0.1) is 16.9 Å². The molecule has 0 saturated heterocycles. The fourth-order valence-electron chi connectivity index (χ4n) is 3.16. The second kappa shape index (κ2) is 6.43. The van der Waals surface area contributed by atoms with Crippen LogP contribution in [-0.2, 0) is 5.54 Å². The molecule has 1 saturated carbocycles. The molecule has 0 amide bonds. The lowest BCUT2D eigenvalue weighted by molar-refractivity contribution is 0.216. The van der Waals surface area contributed by atoms with Crippen molar-refractivity contribution in [3.63, 3.8) is 0 Å². The minimum atomic E-state index is -0.602. The molecule has 0 aliphatic heterocycles. The van der Waals surface area contributed by atoms with Crippen LogP contribution in [0.5, 0.6) is 0 Å². The molecule has 7 heteroatoms. The van der Waals surface area contributed by atoms with Gasteiger partial charge in [-0.05, 0) is 31.4 Å². The molecule has 3 rings (SSSR count). The molecule has 3 atom stereocenters. The molecule has 2 aromatic heterocycles. The third kappa shape index (κ3) is 2.88. The standard InChI is InChI=1S/C14H18N6.ClH/c15-10-2-1-5-14(16,12-4-7-18-9-20-12)13(10)11-3-6-17-8-19-11;/h3-4,6-10,13H,1-2,5,15-16H2;1H. The minimum absolute atomic E-state index is 0. The molecule has 21 heavy (non-hydrogen) atoms. The number of hydrogen-bond acceptors (Lipinski definition) is 6. The number of rotatable bonds is 2. The lowest BCUT2D eigenvalue weighted by Crippen LogP contribution is -2.53. The molecule has 2 heterocycles. The molecule has 0 aromatic carbocycles. The van der Waals surface area contributed by atoms with Crippen molar-refractivity contribution in [1.29, 1.82) is 0 Å². The molecule has 3 unspecified atom stereocenters. The van der Waals surface area contributed by atoms with Crippen LogP contribution in [0.1, 0.15) is 36.6 Å². The molecule has 0 spiro atoms. The molecule has 0 radical (unpaired) electrons. The van der Waals surface area contributed by atoms with Crippen molar-refractivity contribution in [3.05, 3.63) is 48.6 Å². The van der Waals surface area contributed by atoms with E-state index in [2.05, 4.69) is 19.9 Å². The SMILES string of the molecule is Cl.NC1CCCC(N)(c2ccncn2)C1c1ccncn1. The van der Waals surface area contributed by atoms with Crippen LogP contribution in [0.2, 0.25) is 0 Å². The highest BCUT2D eigenvalue weighted by Crippen LogP contribution is 2.43. The average molecular weight is 307 g/mol. The van der Waals surface area contributed by atoms with Gasteiger partial charge in [-0.25, -0.2) is 19.9 Å². The lowest BCUT2D eigenvalue weighted by Gasteiger charge is -2.43. The average Bonchev–Trinajstić information content (AvgIpc) is 2.49. The summed E-state index contributed by atoms with van der Waals surface area (Å²) in [6, 6.07) is 3.73. The maximum absolute atomic E-state index is 6.72. The first kappa shape index (κ1) is 15.8. The molecular weight excluding hydrogens is 288 g/mol. The van der Waals surface area contributed by atoms with Crippen LogP contribution < -0.4 is 11.5 Å². The van der Waals surface area contributed by atoms with Crippen LogP contribution in [-0.4, -0.2) is 26.0 Å². The Kier molecular flexibility index (Phi) is 4.82. The van der Waals surface area contributed by atoms with Crippen molar-refractivity contribution >= 4 is 12.4 Å². The van der Waals surface area contributed by atoms with E-state index in [0.29, 0.717) is 0 Å². The van der Waals surface area contributed by atoms with Gasteiger partial charge in [0.1, 0.15) is 12.7 Å². The van der Waals surface area contributed by atoms with Gasteiger partial charge in [0.2, 0.25) is 0 Å². The summed E-state index contributed by atoms with van der Waals surface area (Å²) >= 11 is 0. The van der Waals surface area contributed by atoms with Crippen molar-refractivity contribution in [2.75, 3.05) is 0 Å². The van der Waals surface area contributed by atoms with E-state index in [-0.39, 0.29) is 24.4 Å². The summed E-state index contributed by atoms with van der Waals surface area (Å²) in [6.07, 6.45) is 9.28. The van der Waals surface area contributed by atoms with Gasteiger partial charge >= 0.3 is 0 Å². The molecule has 1 aliphatic carbocycles. The summed E-state index contributed by atoms with van der Waals surface area (Å²) < 4.78 is 0. The fraction of sp³-hybridized carbons (Fsp3) is 0.429. The number of aromatic nitrogens is 4. The molecule has 4 N–H and O–H groups in total. The Morgan fingerprint density at radius 1 is 1.10 bits per heavy atom. The second-order valence-corrected chi connectivity index (χ2v) is 5.30. The Morgan fingerprint density at radius 3 is 2.43 bits per heavy atom. The predicted octanol–water partition coefficient (Wildman–Crippen LogP) is 1.14. The van der Waals surface area contributed by atoms with E-state index < -0.39 is 5.54 Å². The first-order valence-corrected chi connectivity index (χ1v) is 6.78. The normalized spacial score (nSPS) is 28.7. The van der Waals surface area contributed by atoms with Gasteiger partial charge in [0.15, 0.2) is 0 Å². The summed E-state index contributed by atoms with van der Waals surface area (Å²) in [5, 5.41) is 0. The largest absolute Gasteiger partial charge is 0.327 e. The Labute approximate surface area is 129 Å². The van der Waals surface area contributed by atoms with Gasteiger partial charge in [-0.1, -0.05) is 0 Å². The molecule has 6 nitrogen and oxygen atoms in total. The van der Waals surface area contributed by atoms with E-state index in [1.54, 1.807) is 12.4 Å². The number of nitrogens with two attached hydrogens (primary N) is 2. The zero-order chi connectivity index (χ0) is 14.0. The lowest BCUT2D eigenvalue weighted by atomic mass is 9.67. The van der Waals surface area contributed by atoms with E-state index >= 15 is 0 Å². The van der Waals surface area contributed by atoms with E-state index in [0.717, 1.165) is 30.7 Å². The molecule has 112 valence electrons. The van der Waals surface area contributed by atoms with Gasteiger partial charge in [-0.3, -0.25) is 0 Å². The van der Waals surface area contributed by atoms with Crippen LogP contribution in [0, 0.1) is 0 Å². The molecular formula is C14H19ClN6. The van der Waals surface area contributed by atoms with E-state index in [1.165, 1.54) is 12.7 Å². The second-order valence-electron chi connectivity index (χ2n) is 5.30. The van der Waals surface area contributed by atoms with Crippen molar-refractivity contribution in [1.82, 2.24) is 19.9 Å². The van der Waals surface area contributed by atoms with Gasteiger partial charge in [-0.15, -0.1) is 12.4 Å². The van der Waals surface area contributed by atoms with Crippen molar-refractivity contribution in [2.24, 2.45) is 11.5 Å². The first-order valence-electron chi connectivity index (χ1n) is 6.78. The zero-order valence-electron chi connectivity index (χ0n) is 11.6. The number of hydrogen-bond donors (Lipinski definition) is 2. The predicted molar refractivity (Wildman–Crippen MR) is 81.7 cm³/mol. The van der Waals surface area contributed by atoms with E-state index in [9.17, 15) is 0 Å². The Hall–Kier alpha value is -1.63. The highest BCUT2D eigenvalue weighted by molar-refractivity contribution is 5.85. The Bertz CT molecular complexity index is 566. The smallest absolute Gasteiger partial charge is 0.115 e. The molecule has 2 aromatic rings. The van der Waals surface area contributed by atoms with Gasteiger partial charge in [0.25, 0.3) is 0 Å².